The van der Waals surface area contributed by atoms with Gasteiger partial charge in [-0.25, -0.2) is 4.79 Å². The molecule has 1 aliphatic heterocycles. The molecule has 0 unspecified atom stereocenters. The minimum atomic E-state index is -0.323. The lowest BCUT2D eigenvalue weighted by atomic mass is 9.79. The molecule has 0 aromatic carbocycles. The van der Waals surface area contributed by atoms with Gasteiger partial charge in [0.15, 0.2) is 0 Å². The molecule has 20 heavy (non-hydrogen) atoms. The van der Waals surface area contributed by atoms with Gasteiger partial charge in [-0.3, -0.25) is 9.67 Å². The first-order chi connectivity index (χ1) is 9.54. The molecule has 5 heteroatoms. The summed E-state index contributed by atoms with van der Waals surface area (Å²) in [7, 11) is 0. The van der Waals surface area contributed by atoms with Crippen LogP contribution >= 0.6 is 0 Å². The van der Waals surface area contributed by atoms with Crippen LogP contribution in [0.1, 0.15) is 36.7 Å². The molecule has 0 saturated heterocycles. The number of carbonyl (C=O) groups excluding carboxylic acids is 1. The van der Waals surface area contributed by atoms with Crippen LogP contribution in [-0.2, 0) is 16.7 Å². The third-order valence-corrected chi connectivity index (χ3v) is 3.69. The molecule has 0 atom stereocenters. The van der Waals surface area contributed by atoms with Gasteiger partial charge in [0.2, 0.25) is 0 Å². The van der Waals surface area contributed by atoms with Crippen molar-refractivity contribution in [3.63, 3.8) is 0 Å². The average Bonchev–Trinajstić information content (AvgIpc) is 2.82. The van der Waals surface area contributed by atoms with Gasteiger partial charge in [-0.1, -0.05) is 13.8 Å². The highest BCUT2D eigenvalue weighted by Crippen LogP contribution is 2.40. The van der Waals surface area contributed by atoms with E-state index in [2.05, 4.69) is 23.9 Å². The second kappa shape index (κ2) is 4.44. The maximum Gasteiger partial charge on any atom is 0.341 e. The molecule has 104 valence electrons. The first-order valence-electron chi connectivity index (χ1n) is 6.72. The summed E-state index contributed by atoms with van der Waals surface area (Å²) in [6, 6.07) is 1.94. The largest absolute Gasteiger partial charge is 0.462 e. The van der Waals surface area contributed by atoms with E-state index in [0.29, 0.717) is 12.2 Å². The molecule has 0 bridgehead atoms. The minimum Gasteiger partial charge on any atom is -0.462 e. The van der Waals surface area contributed by atoms with Gasteiger partial charge in [-0.15, -0.1) is 0 Å². The van der Waals surface area contributed by atoms with Crippen molar-refractivity contribution >= 4 is 5.97 Å². The van der Waals surface area contributed by atoms with Crippen molar-refractivity contribution in [2.75, 3.05) is 6.61 Å². The van der Waals surface area contributed by atoms with E-state index in [0.717, 1.165) is 23.4 Å². The van der Waals surface area contributed by atoms with Gasteiger partial charge in [0.25, 0.3) is 0 Å². The Hall–Kier alpha value is -2.17. The lowest BCUT2D eigenvalue weighted by Gasteiger charge is -2.32. The monoisotopic (exact) mass is 271 g/mol. The molecular formula is C15H17N3O2. The normalized spacial score (nSPS) is 15.3. The summed E-state index contributed by atoms with van der Waals surface area (Å²) in [4.78, 5) is 16.3. The van der Waals surface area contributed by atoms with Crippen molar-refractivity contribution in [1.29, 1.82) is 0 Å². The van der Waals surface area contributed by atoms with Gasteiger partial charge in [-0.05, 0) is 18.6 Å². The Kier molecular flexibility index (Phi) is 2.85. The smallest absolute Gasteiger partial charge is 0.341 e. The van der Waals surface area contributed by atoms with E-state index in [1.807, 2.05) is 16.9 Å². The number of rotatable bonds is 2. The van der Waals surface area contributed by atoms with Crippen LogP contribution in [0.25, 0.3) is 11.3 Å². The van der Waals surface area contributed by atoms with Crippen molar-refractivity contribution in [3.8, 4) is 11.3 Å². The highest BCUT2D eigenvalue weighted by molar-refractivity contribution is 5.96. The molecule has 3 rings (SSSR count). The van der Waals surface area contributed by atoms with Crippen molar-refractivity contribution in [1.82, 2.24) is 14.8 Å². The molecule has 3 heterocycles. The van der Waals surface area contributed by atoms with Gasteiger partial charge in [0.1, 0.15) is 5.56 Å². The summed E-state index contributed by atoms with van der Waals surface area (Å²) in [5.41, 5.74) is 3.44. The number of nitrogens with zero attached hydrogens (tertiary/aromatic N) is 3. The maximum atomic E-state index is 12.1. The van der Waals surface area contributed by atoms with Crippen molar-refractivity contribution in [2.24, 2.45) is 0 Å². The van der Waals surface area contributed by atoms with Crippen molar-refractivity contribution < 1.29 is 9.53 Å². The molecule has 0 fully saturated rings. The summed E-state index contributed by atoms with van der Waals surface area (Å²) < 4.78 is 6.99. The Morgan fingerprint density at radius 3 is 3.00 bits per heavy atom. The number of aromatic nitrogens is 3. The summed E-state index contributed by atoms with van der Waals surface area (Å²) in [6.07, 6.45) is 5.21. The number of hydrogen-bond acceptors (Lipinski definition) is 4. The van der Waals surface area contributed by atoms with Gasteiger partial charge < -0.3 is 4.74 Å². The fourth-order valence-corrected chi connectivity index (χ4v) is 2.75. The van der Waals surface area contributed by atoms with Gasteiger partial charge in [0.05, 0.1) is 25.0 Å². The van der Waals surface area contributed by atoms with Crippen LogP contribution in [0, 0.1) is 0 Å². The zero-order valence-corrected chi connectivity index (χ0v) is 11.9. The van der Waals surface area contributed by atoms with Crippen LogP contribution in [0.4, 0.5) is 0 Å². The Labute approximate surface area is 117 Å². The lowest BCUT2D eigenvalue weighted by molar-refractivity contribution is 0.0527. The first kappa shape index (κ1) is 12.8. The molecule has 0 saturated carbocycles. The zero-order valence-electron chi connectivity index (χ0n) is 11.9. The molecule has 0 amide bonds. The highest BCUT2D eigenvalue weighted by Gasteiger charge is 2.34. The first-order valence-corrected chi connectivity index (χ1v) is 6.72. The van der Waals surface area contributed by atoms with Crippen molar-refractivity contribution in [2.45, 2.75) is 32.7 Å². The molecular weight excluding hydrogens is 254 g/mol. The molecule has 0 N–H and O–H groups in total. The van der Waals surface area contributed by atoms with Crippen LogP contribution in [0.2, 0.25) is 0 Å². The van der Waals surface area contributed by atoms with Crippen LogP contribution in [0.5, 0.6) is 0 Å². The Morgan fingerprint density at radius 2 is 2.25 bits per heavy atom. The quantitative estimate of drug-likeness (QED) is 0.787. The lowest BCUT2D eigenvalue weighted by Crippen LogP contribution is -2.30. The van der Waals surface area contributed by atoms with Crippen LogP contribution in [0.3, 0.4) is 0 Å². The molecule has 0 spiro atoms. The second-order valence-electron chi connectivity index (χ2n) is 5.59. The number of ether oxygens (including phenoxy) is 1. The Balaban J connectivity index is 2.19. The highest BCUT2D eigenvalue weighted by atomic mass is 16.5. The summed E-state index contributed by atoms with van der Waals surface area (Å²) in [5.74, 6) is -0.323. The fourth-order valence-electron chi connectivity index (χ4n) is 2.75. The fraction of sp³-hybridized carbons (Fsp3) is 0.400. The number of esters is 1. The van der Waals surface area contributed by atoms with E-state index in [-0.39, 0.29) is 11.4 Å². The summed E-state index contributed by atoms with van der Waals surface area (Å²) in [5, 5.41) is 4.35. The van der Waals surface area contributed by atoms with Crippen LogP contribution < -0.4 is 0 Å². The van der Waals surface area contributed by atoms with Gasteiger partial charge in [-0.2, -0.15) is 5.10 Å². The average molecular weight is 271 g/mol. The van der Waals surface area contributed by atoms with E-state index >= 15 is 0 Å². The number of pyridine rings is 1. The SMILES string of the molecule is CCOC(=O)c1cnn2c1-c1ccncc1C(C)(C)C2. The van der Waals surface area contributed by atoms with Crippen LogP contribution in [0.15, 0.2) is 24.7 Å². The summed E-state index contributed by atoms with van der Waals surface area (Å²) in [6.45, 7) is 7.19. The summed E-state index contributed by atoms with van der Waals surface area (Å²) >= 11 is 0. The van der Waals surface area contributed by atoms with Crippen LogP contribution in [-0.4, -0.2) is 27.3 Å². The van der Waals surface area contributed by atoms with Gasteiger partial charge >= 0.3 is 5.97 Å². The third kappa shape index (κ3) is 1.81. The molecule has 0 aliphatic carbocycles. The number of hydrogen-bond donors (Lipinski definition) is 0. The van der Waals surface area contributed by atoms with Gasteiger partial charge in [0, 0.05) is 23.4 Å². The van der Waals surface area contributed by atoms with Crippen molar-refractivity contribution in [3.05, 3.63) is 35.8 Å². The standard InChI is InChI=1S/C15H17N3O2/c1-4-20-14(19)11-7-17-18-9-15(2,3)12-8-16-6-5-10(12)13(11)18/h5-8H,4,9H2,1-3H3. The Morgan fingerprint density at radius 1 is 1.45 bits per heavy atom. The predicted molar refractivity (Wildman–Crippen MR) is 74.4 cm³/mol. The molecule has 5 nitrogen and oxygen atoms in total. The molecule has 1 aliphatic rings. The maximum absolute atomic E-state index is 12.1. The number of fused-ring (bicyclic) bond motifs is 3. The predicted octanol–water partition coefficient (Wildman–Crippen LogP) is 2.41. The van der Waals surface area contributed by atoms with E-state index in [4.69, 9.17) is 4.74 Å². The molecule has 0 radical (unpaired) electrons. The minimum absolute atomic E-state index is 0.0610. The number of carbonyl (C=O) groups is 1. The van der Waals surface area contributed by atoms with E-state index in [1.165, 1.54) is 0 Å². The van der Waals surface area contributed by atoms with E-state index in [9.17, 15) is 4.79 Å². The Bertz CT molecular complexity index is 674. The molecule has 2 aromatic heterocycles. The van der Waals surface area contributed by atoms with E-state index < -0.39 is 0 Å². The zero-order chi connectivity index (χ0) is 14.3. The third-order valence-electron chi connectivity index (χ3n) is 3.69. The topological polar surface area (TPSA) is 57.0 Å². The molecule has 2 aromatic rings. The second-order valence-corrected chi connectivity index (χ2v) is 5.59. The van der Waals surface area contributed by atoms with E-state index in [1.54, 1.807) is 19.3 Å².